The molecule has 0 aromatic heterocycles. The van der Waals surface area contributed by atoms with Gasteiger partial charge in [0.2, 0.25) is 11.8 Å². The minimum atomic E-state index is -0.249. The van der Waals surface area contributed by atoms with Crippen molar-refractivity contribution < 1.29 is 23.8 Å². The van der Waals surface area contributed by atoms with Crippen LogP contribution in [0.3, 0.4) is 0 Å². The first-order valence-corrected chi connectivity index (χ1v) is 9.45. The summed E-state index contributed by atoms with van der Waals surface area (Å²) in [4.78, 5) is 26.2. The van der Waals surface area contributed by atoms with Crippen LogP contribution in [0.1, 0.15) is 19.8 Å². The summed E-state index contributed by atoms with van der Waals surface area (Å²) in [6.45, 7) is 4.99. The highest BCUT2D eigenvalue weighted by Crippen LogP contribution is 2.32. The van der Waals surface area contributed by atoms with Gasteiger partial charge < -0.3 is 29.7 Å². The lowest BCUT2D eigenvalue weighted by Crippen LogP contribution is -2.43. The normalized spacial score (nSPS) is 17.5. The number of amides is 2. The number of hydrogen-bond donors (Lipinski definition) is 2. The molecule has 1 saturated heterocycles. The van der Waals surface area contributed by atoms with Crippen molar-refractivity contribution in [1.82, 2.24) is 10.2 Å². The Balaban J connectivity index is 0.00000280. The van der Waals surface area contributed by atoms with E-state index in [1.54, 1.807) is 18.2 Å². The van der Waals surface area contributed by atoms with Crippen LogP contribution < -0.4 is 20.1 Å². The van der Waals surface area contributed by atoms with Gasteiger partial charge in [0, 0.05) is 31.5 Å². The Morgan fingerprint density at radius 2 is 1.96 bits per heavy atom. The van der Waals surface area contributed by atoms with Crippen LogP contribution in [0.4, 0.5) is 5.69 Å². The number of carbonyl (C=O) groups excluding carboxylic acids is 2. The number of benzene rings is 1. The van der Waals surface area contributed by atoms with Crippen molar-refractivity contribution in [3.05, 3.63) is 18.2 Å². The number of rotatable bonds is 8. The van der Waals surface area contributed by atoms with Gasteiger partial charge in [-0.3, -0.25) is 9.59 Å². The summed E-state index contributed by atoms with van der Waals surface area (Å²) in [6.07, 6.45) is 2.28. The van der Waals surface area contributed by atoms with Gasteiger partial charge in [-0.2, -0.15) is 0 Å². The fourth-order valence-corrected chi connectivity index (χ4v) is 3.13. The van der Waals surface area contributed by atoms with Gasteiger partial charge in [-0.1, -0.05) is 0 Å². The molecule has 1 atom stereocenters. The highest BCUT2D eigenvalue weighted by atomic mass is 35.5. The molecule has 1 fully saturated rings. The summed E-state index contributed by atoms with van der Waals surface area (Å²) in [5, 5.41) is 5.92. The molecule has 3 rings (SSSR count). The molecule has 156 valence electrons. The second-order valence-electron chi connectivity index (χ2n) is 6.58. The number of halogens is 1. The summed E-state index contributed by atoms with van der Waals surface area (Å²) in [5.41, 5.74) is 0.615. The molecular formula is C19H28ClN3O5. The van der Waals surface area contributed by atoms with E-state index in [0.717, 1.165) is 19.4 Å². The molecule has 2 N–H and O–H groups in total. The van der Waals surface area contributed by atoms with Gasteiger partial charge in [0.1, 0.15) is 13.2 Å². The number of hydrogen-bond acceptors (Lipinski definition) is 6. The molecule has 1 aromatic carbocycles. The van der Waals surface area contributed by atoms with E-state index in [4.69, 9.17) is 14.2 Å². The van der Waals surface area contributed by atoms with Gasteiger partial charge in [0.25, 0.3) is 0 Å². The van der Waals surface area contributed by atoms with Crippen LogP contribution in [-0.4, -0.2) is 68.8 Å². The van der Waals surface area contributed by atoms with Gasteiger partial charge in [0.05, 0.1) is 19.2 Å². The third-order valence-corrected chi connectivity index (χ3v) is 4.57. The Morgan fingerprint density at radius 3 is 2.68 bits per heavy atom. The summed E-state index contributed by atoms with van der Waals surface area (Å²) < 4.78 is 16.5. The van der Waals surface area contributed by atoms with E-state index in [9.17, 15) is 9.59 Å². The monoisotopic (exact) mass is 413 g/mol. The Morgan fingerprint density at radius 1 is 1.18 bits per heavy atom. The second-order valence-corrected chi connectivity index (χ2v) is 6.58. The molecule has 2 aliphatic heterocycles. The van der Waals surface area contributed by atoms with Crippen molar-refractivity contribution in [2.45, 2.75) is 25.9 Å². The van der Waals surface area contributed by atoms with E-state index in [1.165, 1.54) is 4.90 Å². The van der Waals surface area contributed by atoms with Crippen molar-refractivity contribution in [2.75, 3.05) is 51.3 Å². The molecule has 0 aliphatic carbocycles. The molecule has 2 amide bonds. The van der Waals surface area contributed by atoms with Crippen molar-refractivity contribution in [1.29, 1.82) is 0 Å². The molecule has 2 heterocycles. The number of likely N-dealkylation sites (N-methyl/N-ethyl adjacent to an activating group) is 1. The Bertz CT molecular complexity index is 667. The Labute approximate surface area is 171 Å². The topological polar surface area (TPSA) is 89.1 Å². The first-order chi connectivity index (χ1) is 13.2. The van der Waals surface area contributed by atoms with E-state index in [0.29, 0.717) is 43.5 Å². The Kier molecular flexibility index (Phi) is 8.82. The predicted octanol–water partition coefficient (Wildman–Crippen LogP) is 1.44. The molecule has 1 aromatic rings. The molecule has 9 heteroatoms. The smallest absolute Gasteiger partial charge is 0.243 e. The minimum absolute atomic E-state index is 0. The van der Waals surface area contributed by atoms with Crippen LogP contribution in [0.5, 0.6) is 11.5 Å². The molecule has 0 radical (unpaired) electrons. The van der Waals surface area contributed by atoms with Crippen LogP contribution in [0.25, 0.3) is 0 Å². The van der Waals surface area contributed by atoms with Gasteiger partial charge in [-0.25, -0.2) is 0 Å². The van der Waals surface area contributed by atoms with Crippen LogP contribution in [0.15, 0.2) is 18.2 Å². The average molecular weight is 414 g/mol. The van der Waals surface area contributed by atoms with E-state index >= 15 is 0 Å². The molecule has 8 nitrogen and oxygen atoms in total. The van der Waals surface area contributed by atoms with E-state index in [1.807, 2.05) is 6.92 Å². The highest BCUT2D eigenvalue weighted by Gasteiger charge is 2.19. The molecular weight excluding hydrogens is 386 g/mol. The van der Waals surface area contributed by atoms with Gasteiger partial charge in [-0.05, 0) is 31.9 Å². The van der Waals surface area contributed by atoms with Crippen LogP contribution in [0, 0.1) is 0 Å². The summed E-state index contributed by atoms with van der Waals surface area (Å²) in [7, 11) is 0. The highest BCUT2D eigenvalue weighted by molar-refractivity contribution is 5.95. The van der Waals surface area contributed by atoms with Crippen molar-refractivity contribution in [3.63, 3.8) is 0 Å². The zero-order valence-electron chi connectivity index (χ0n) is 16.1. The largest absolute Gasteiger partial charge is 0.486 e. The third-order valence-electron chi connectivity index (χ3n) is 4.57. The second kappa shape index (κ2) is 11.1. The summed E-state index contributed by atoms with van der Waals surface area (Å²) >= 11 is 0. The van der Waals surface area contributed by atoms with Crippen molar-refractivity contribution in [3.8, 4) is 11.5 Å². The average Bonchev–Trinajstić information content (AvgIpc) is 3.19. The number of anilines is 1. The molecule has 0 saturated carbocycles. The van der Waals surface area contributed by atoms with Crippen molar-refractivity contribution in [2.24, 2.45) is 0 Å². The molecule has 0 spiro atoms. The lowest BCUT2D eigenvalue weighted by atomic mass is 10.2. The van der Waals surface area contributed by atoms with Gasteiger partial charge in [0.15, 0.2) is 11.5 Å². The van der Waals surface area contributed by atoms with E-state index in [2.05, 4.69) is 10.6 Å². The van der Waals surface area contributed by atoms with Crippen molar-refractivity contribution >= 4 is 29.9 Å². The minimum Gasteiger partial charge on any atom is -0.486 e. The number of ether oxygens (including phenoxy) is 3. The maximum absolute atomic E-state index is 12.3. The Hall–Kier alpha value is -2.03. The number of carbonyl (C=O) groups is 2. The standard InChI is InChI=1S/C19H27N3O5.ClH/c1-2-22(19(24)12-20-11-15-4-3-7-25-15)13-18(23)21-14-5-6-16-17(10-14)27-9-8-26-16;/h5-6,10,15,20H,2-4,7-9,11-13H2,1H3,(H,21,23);1H. The maximum atomic E-state index is 12.3. The number of fused-ring (bicyclic) bond motifs is 1. The van der Waals surface area contributed by atoms with Gasteiger partial charge >= 0.3 is 0 Å². The molecule has 28 heavy (non-hydrogen) atoms. The first-order valence-electron chi connectivity index (χ1n) is 9.45. The fraction of sp³-hybridized carbons (Fsp3) is 0.579. The maximum Gasteiger partial charge on any atom is 0.243 e. The van der Waals surface area contributed by atoms with E-state index < -0.39 is 0 Å². The fourth-order valence-electron chi connectivity index (χ4n) is 3.13. The first kappa shape index (κ1) is 22.3. The van der Waals surface area contributed by atoms with Crippen LogP contribution in [-0.2, 0) is 14.3 Å². The lowest BCUT2D eigenvalue weighted by Gasteiger charge is -2.22. The zero-order chi connectivity index (χ0) is 19.1. The summed E-state index contributed by atoms with van der Waals surface area (Å²) in [5.74, 6) is 0.927. The van der Waals surface area contributed by atoms with E-state index in [-0.39, 0.29) is 43.4 Å². The molecule has 2 aliphatic rings. The zero-order valence-corrected chi connectivity index (χ0v) is 16.9. The quantitative estimate of drug-likeness (QED) is 0.670. The molecule has 0 bridgehead atoms. The van der Waals surface area contributed by atoms with Crippen LogP contribution in [0.2, 0.25) is 0 Å². The number of nitrogens with zero attached hydrogens (tertiary/aromatic N) is 1. The predicted molar refractivity (Wildman–Crippen MR) is 107 cm³/mol. The third kappa shape index (κ3) is 6.25. The summed E-state index contributed by atoms with van der Waals surface area (Å²) in [6, 6.07) is 5.25. The van der Waals surface area contributed by atoms with Crippen LogP contribution >= 0.6 is 12.4 Å². The number of nitrogens with one attached hydrogen (secondary N) is 2. The van der Waals surface area contributed by atoms with Gasteiger partial charge in [-0.15, -0.1) is 12.4 Å². The lowest BCUT2D eigenvalue weighted by molar-refractivity contribution is -0.133. The SMILES string of the molecule is CCN(CC(=O)Nc1ccc2c(c1)OCCO2)C(=O)CNCC1CCCO1.Cl. The molecule has 1 unspecified atom stereocenters.